The van der Waals surface area contributed by atoms with E-state index in [2.05, 4.69) is 20.6 Å². The second-order valence-electron chi connectivity index (χ2n) is 6.30. The fourth-order valence-electron chi connectivity index (χ4n) is 3.01. The van der Waals surface area contributed by atoms with Crippen molar-refractivity contribution in [1.82, 2.24) is 19.9 Å². The maximum absolute atomic E-state index is 12.6. The molecule has 9 nitrogen and oxygen atoms in total. The van der Waals surface area contributed by atoms with Crippen molar-refractivity contribution < 1.29 is 18.8 Å². The molecule has 0 aliphatic heterocycles. The molecule has 0 atom stereocenters. The molecule has 9 heteroatoms. The van der Waals surface area contributed by atoms with E-state index >= 15 is 0 Å². The normalized spacial score (nSPS) is 10.6. The van der Waals surface area contributed by atoms with Gasteiger partial charge in [-0.1, -0.05) is 17.3 Å². The number of amides is 1. The van der Waals surface area contributed by atoms with Crippen LogP contribution in [0.1, 0.15) is 16.1 Å². The van der Waals surface area contributed by atoms with Gasteiger partial charge in [0.1, 0.15) is 5.82 Å². The Kier molecular flexibility index (Phi) is 5.42. The van der Waals surface area contributed by atoms with E-state index in [1.165, 1.54) is 0 Å². The average molecular weight is 405 g/mol. The number of nitrogens with one attached hydrogen (secondary N) is 1. The van der Waals surface area contributed by atoms with E-state index in [0.29, 0.717) is 29.6 Å². The highest BCUT2D eigenvalue weighted by Crippen LogP contribution is 2.31. The number of nitrogens with zero attached hydrogens (tertiary/aromatic N) is 4. The van der Waals surface area contributed by atoms with Crippen LogP contribution >= 0.6 is 0 Å². The number of para-hydroxylation sites is 1. The number of anilines is 1. The molecule has 0 saturated heterocycles. The quantitative estimate of drug-likeness (QED) is 0.503. The monoisotopic (exact) mass is 405 g/mol. The number of carbonyl (C=O) groups excluding carboxylic acids is 1. The first-order valence-corrected chi connectivity index (χ1v) is 9.09. The van der Waals surface area contributed by atoms with Crippen molar-refractivity contribution in [1.29, 1.82) is 0 Å². The molecule has 0 spiro atoms. The summed E-state index contributed by atoms with van der Waals surface area (Å²) in [5, 5.41) is 11.0. The van der Waals surface area contributed by atoms with Gasteiger partial charge in [0.15, 0.2) is 23.0 Å². The predicted molar refractivity (Wildman–Crippen MR) is 109 cm³/mol. The van der Waals surface area contributed by atoms with Crippen molar-refractivity contribution in [3.05, 3.63) is 72.3 Å². The van der Waals surface area contributed by atoms with Crippen LogP contribution in [0.25, 0.3) is 11.3 Å². The molecule has 0 radical (unpaired) electrons. The number of benzene rings is 1. The molecule has 0 aliphatic rings. The smallest absolute Gasteiger partial charge is 0.279 e. The number of ether oxygens (including phenoxy) is 2. The topological polar surface area (TPSA) is 104 Å². The Morgan fingerprint density at radius 1 is 1.13 bits per heavy atom. The molecule has 4 rings (SSSR count). The van der Waals surface area contributed by atoms with Crippen LogP contribution in [0, 0.1) is 0 Å². The lowest BCUT2D eigenvalue weighted by atomic mass is 10.2. The van der Waals surface area contributed by atoms with Crippen LogP contribution in [0.5, 0.6) is 11.5 Å². The van der Waals surface area contributed by atoms with Gasteiger partial charge in [-0.25, -0.2) is 4.68 Å². The van der Waals surface area contributed by atoms with E-state index in [1.54, 1.807) is 55.7 Å². The van der Waals surface area contributed by atoms with Gasteiger partial charge in [0.05, 0.1) is 27.0 Å². The summed E-state index contributed by atoms with van der Waals surface area (Å²) in [6, 6.07) is 12.5. The van der Waals surface area contributed by atoms with Gasteiger partial charge in [-0.2, -0.15) is 5.10 Å². The van der Waals surface area contributed by atoms with Crippen molar-refractivity contribution >= 4 is 11.7 Å². The van der Waals surface area contributed by atoms with E-state index in [4.69, 9.17) is 14.0 Å². The highest BCUT2D eigenvalue weighted by molar-refractivity contribution is 6.02. The molecule has 1 N–H and O–H groups in total. The third kappa shape index (κ3) is 3.86. The third-order valence-electron chi connectivity index (χ3n) is 4.45. The molecule has 0 aliphatic carbocycles. The van der Waals surface area contributed by atoms with Gasteiger partial charge in [-0.05, 0) is 18.2 Å². The number of hydrogen-bond acceptors (Lipinski definition) is 7. The minimum Gasteiger partial charge on any atom is -0.493 e. The van der Waals surface area contributed by atoms with Gasteiger partial charge < -0.3 is 19.3 Å². The number of pyridine rings is 1. The average Bonchev–Trinajstić information content (AvgIpc) is 3.44. The fourth-order valence-corrected chi connectivity index (χ4v) is 3.01. The molecule has 4 aromatic rings. The van der Waals surface area contributed by atoms with Crippen LogP contribution < -0.4 is 14.8 Å². The van der Waals surface area contributed by atoms with E-state index in [9.17, 15) is 4.79 Å². The van der Waals surface area contributed by atoms with Crippen LogP contribution in [0.4, 0.5) is 5.82 Å². The Balaban J connectivity index is 1.52. The summed E-state index contributed by atoms with van der Waals surface area (Å²) in [4.78, 5) is 16.7. The van der Waals surface area contributed by atoms with Crippen LogP contribution in [0.15, 0.2) is 65.6 Å². The molecule has 0 bridgehead atoms. The Bertz CT molecular complexity index is 1150. The van der Waals surface area contributed by atoms with E-state index in [1.807, 2.05) is 24.3 Å². The zero-order valence-electron chi connectivity index (χ0n) is 16.4. The maximum atomic E-state index is 12.6. The standard InChI is InChI=1S/C21H19N5O4/c1-28-17-7-3-5-15(20(17)29-2)13-26-19(8-10-23-26)24-21(27)16-11-18(30-25-16)14-6-4-9-22-12-14/h3-12H,13H2,1-2H3,(H,24,27). The molecule has 0 unspecified atom stereocenters. The predicted octanol–water partition coefficient (Wildman–Crippen LogP) is 3.25. The van der Waals surface area contributed by atoms with Crippen molar-refractivity contribution in [3.63, 3.8) is 0 Å². The molecule has 1 amide bonds. The highest BCUT2D eigenvalue weighted by atomic mass is 16.5. The number of aromatic nitrogens is 4. The van der Waals surface area contributed by atoms with Crippen LogP contribution in [-0.4, -0.2) is 40.0 Å². The molecule has 30 heavy (non-hydrogen) atoms. The first kappa shape index (κ1) is 19.2. The van der Waals surface area contributed by atoms with Gasteiger partial charge in [0.25, 0.3) is 5.91 Å². The summed E-state index contributed by atoms with van der Waals surface area (Å²) in [6.07, 6.45) is 4.90. The minimum atomic E-state index is -0.409. The van der Waals surface area contributed by atoms with E-state index in [-0.39, 0.29) is 5.69 Å². The van der Waals surface area contributed by atoms with Crippen LogP contribution in [0.2, 0.25) is 0 Å². The van der Waals surface area contributed by atoms with Crippen molar-refractivity contribution in [2.45, 2.75) is 6.54 Å². The van der Waals surface area contributed by atoms with Gasteiger partial charge >= 0.3 is 0 Å². The Hall–Kier alpha value is -4.14. The molecule has 152 valence electrons. The summed E-state index contributed by atoms with van der Waals surface area (Å²) in [7, 11) is 3.16. The van der Waals surface area contributed by atoms with Crippen molar-refractivity contribution in [3.8, 4) is 22.8 Å². The summed E-state index contributed by atoms with van der Waals surface area (Å²) in [5.41, 5.74) is 1.75. The first-order valence-electron chi connectivity index (χ1n) is 9.09. The second kappa shape index (κ2) is 8.48. The Morgan fingerprint density at radius 3 is 2.80 bits per heavy atom. The fraction of sp³-hybridized carbons (Fsp3) is 0.143. The van der Waals surface area contributed by atoms with Crippen LogP contribution in [0.3, 0.4) is 0 Å². The first-order chi connectivity index (χ1) is 14.7. The van der Waals surface area contributed by atoms with Gasteiger partial charge in [-0.3, -0.25) is 9.78 Å². The van der Waals surface area contributed by atoms with Crippen molar-refractivity contribution in [2.24, 2.45) is 0 Å². The zero-order chi connectivity index (χ0) is 20.9. The summed E-state index contributed by atoms with van der Waals surface area (Å²) >= 11 is 0. The van der Waals surface area contributed by atoms with E-state index < -0.39 is 5.91 Å². The van der Waals surface area contributed by atoms with Gasteiger partial charge in [0.2, 0.25) is 0 Å². The SMILES string of the molecule is COc1cccc(Cn2nccc2NC(=O)c2cc(-c3cccnc3)on2)c1OC. The van der Waals surface area contributed by atoms with E-state index in [0.717, 1.165) is 11.1 Å². The van der Waals surface area contributed by atoms with Crippen LogP contribution in [-0.2, 0) is 6.54 Å². The molecule has 3 heterocycles. The summed E-state index contributed by atoms with van der Waals surface area (Å²) in [6.45, 7) is 0.378. The molecule has 0 saturated carbocycles. The number of carbonyl (C=O) groups is 1. The molecule has 1 aromatic carbocycles. The lowest BCUT2D eigenvalue weighted by molar-refractivity contribution is 0.101. The lowest BCUT2D eigenvalue weighted by Gasteiger charge is -2.14. The number of hydrogen-bond donors (Lipinski definition) is 1. The molecule has 3 aromatic heterocycles. The molecular formula is C21H19N5O4. The minimum absolute atomic E-state index is 0.153. The maximum Gasteiger partial charge on any atom is 0.279 e. The molecule has 0 fully saturated rings. The van der Waals surface area contributed by atoms with Gasteiger partial charge in [-0.15, -0.1) is 0 Å². The molecular weight excluding hydrogens is 386 g/mol. The summed E-state index contributed by atoms with van der Waals surface area (Å²) < 4.78 is 17.7. The number of rotatable bonds is 7. The largest absolute Gasteiger partial charge is 0.493 e. The zero-order valence-corrected chi connectivity index (χ0v) is 16.4. The Morgan fingerprint density at radius 2 is 2.03 bits per heavy atom. The summed E-state index contributed by atoms with van der Waals surface area (Å²) in [5.74, 6) is 1.80. The lowest BCUT2D eigenvalue weighted by Crippen LogP contribution is -2.16. The second-order valence-corrected chi connectivity index (χ2v) is 6.30. The highest BCUT2D eigenvalue weighted by Gasteiger charge is 2.17. The third-order valence-corrected chi connectivity index (χ3v) is 4.45. The van der Waals surface area contributed by atoms with Crippen molar-refractivity contribution in [2.75, 3.05) is 19.5 Å². The van der Waals surface area contributed by atoms with Gasteiger partial charge in [0, 0.05) is 35.7 Å². The Labute approximate surface area is 172 Å². The number of methoxy groups -OCH3 is 2.